The van der Waals surface area contributed by atoms with E-state index in [-0.39, 0.29) is 11.9 Å². The van der Waals surface area contributed by atoms with Gasteiger partial charge < -0.3 is 4.74 Å². The lowest BCUT2D eigenvalue weighted by atomic mass is 10.0. The molecule has 0 aliphatic heterocycles. The third-order valence-corrected chi connectivity index (χ3v) is 1.77. The zero-order valence-electron chi connectivity index (χ0n) is 8.59. The maximum absolute atomic E-state index is 11.4. The highest BCUT2D eigenvalue weighted by atomic mass is 16.5. The minimum Gasteiger partial charge on any atom is -0.370 e. The second-order valence-corrected chi connectivity index (χ2v) is 3.34. The van der Waals surface area contributed by atoms with Crippen LogP contribution in [0, 0.1) is 5.92 Å². The van der Waals surface area contributed by atoms with Crippen LogP contribution in [-0.2, 0) is 9.53 Å². The molecule has 0 rings (SSSR count). The van der Waals surface area contributed by atoms with E-state index in [2.05, 4.69) is 0 Å². The number of hydrogen-bond acceptors (Lipinski definition) is 2. The smallest absolute Gasteiger partial charge is 0.161 e. The third-order valence-electron chi connectivity index (χ3n) is 1.77. The Morgan fingerprint density at radius 2 is 1.92 bits per heavy atom. The Bertz CT molecular complexity index is 130. The van der Waals surface area contributed by atoms with Crippen molar-refractivity contribution in [3.05, 3.63) is 0 Å². The molecular formula is C10H20O2. The molecule has 0 aromatic carbocycles. The van der Waals surface area contributed by atoms with E-state index in [1.54, 1.807) is 0 Å². The van der Waals surface area contributed by atoms with Crippen LogP contribution in [0.5, 0.6) is 0 Å². The Kier molecular flexibility index (Phi) is 5.99. The maximum Gasteiger partial charge on any atom is 0.161 e. The van der Waals surface area contributed by atoms with Gasteiger partial charge in [-0.25, -0.2) is 0 Å². The van der Waals surface area contributed by atoms with Crippen molar-refractivity contribution in [1.82, 2.24) is 0 Å². The molecule has 0 aliphatic carbocycles. The second-order valence-electron chi connectivity index (χ2n) is 3.34. The van der Waals surface area contributed by atoms with Gasteiger partial charge in [0.2, 0.25) is 0 Å². The summed E-state index contributed by atoms with van der Waals surface area (Å²) in [6, 6.07) is 0. The number of carbonyl (C=O) groups excluding carboxylic acids is 1. The minimum absolute atomic E-state index is 0.185. The number of ether oxygens (including phenoxy) is 1. The highest BCUT2D eigenvalue weighted by Gasteiger charge is 2.20. The number of Topliss-reactive ketones (excluding diaryl/α,β-unsaturated/α-hetero) is 1. The van der Waals surface area contributed by atoms with Crippen LogP contribution in [-0.4, -0.2) is 18.5 Å². The molecule has 0 N–H and O–H groups in total. The average molecular weight is 172 g/mol. The highest BCUT2D eigenvalue weighted by molar-refractivity contribution is 5.83. The summed E-state index contributed by atoms with van der Waals surface area (Å²) in [5, 5.41) is 0. The molecule has 0 bridgehead atoms. The van der Waals surface area contributed by atoms with Gasteiger partial charge in [-0.2, -0.15) is 0 Å². The molecule has 0 heterocycles. The zero-order chi connectivity index (χ0) is 9.56. The van der Waals surface area contributed by atoms with Crippen LogP contribution in [0.25, 0.3) is 0 Å². The van der Waals surface area contributed by atoms with Gasteiger partial charge in [0, 0.05) is 13.0 Å². The Labute approximate surface area is 75.3 Å². The zero-order valence-corrected chi connectivity index (χ0v) is 8.59. The number of rotatable bonds is 6. The van der Waals surface area contributed by atoms with Gasteiger partial charge in [-0.3, -0.25) is 4.79 Å². The molecule has 0 fully saturated rings. The fraction of sp³-hybridized carbons (Fsp3) is 0.900. The lowest BCUT2D eigenvalue weighted by Gasteiger charge is -2.18. The van der Waals surface area contributed by atoms with Gasteiger partial charge in [0.25, 0.3) is 0 Å². The summed E-state index contributed by atoms with van der Waals surface area (Å²) in [6.07, 6.45) is 1.37. The Balaban J connectivity index is 4.00. The standard InChI is InChI=1S/C10H20O2/c1-5-7-9(11)10(8(3)4)12-6-2/h8,10H,5-7H2,1-4H3. The molecule has 0 aromatic heterocycles. The molecule has 12 heavy (non-hydrogen) atoms. The molecular weight excluding hydrogens is 152 g/mol. The van der Waals surface area contributed by atoms with Crippen molar-refractivity contribution in [3.8, 4) is 0 Å². The van der Waals surface area contributed by atoms with E-state index in [0.717, 1.165) is 6.42 Å². The molecule has 2 heteroatoms. The van der Waals surface area contributed by atoms with E-state index in [0.29, 0.717) is 18.9 Å². The summed E-state index contributed by atoms with van der Waals surface area (Å²) in [6.45, 7) is 8.61. The van der Waals surface area contributed by atoms with Crippen LogP contribution < -0.4 is 0 Å². The molecule has 0 aromatic rings. The molecule has 0 saturated heterocycles. The van der Waals surface area contributed by atoms with E-state index in [4.69, 9.17) is 4.74 Å². The molecule has 0 aliphatic rings. The van der Waals surface area contributed by atoms with Crippen LogP contribution in [0.15, 0.2) is 0 Å². The molecule has 72 valence electrons. The van der Waals surface area contributed by atoms with Gasteiger partial charge in [0.05, 0.1) is 0 Å². The van der Waals surface area contributed by atoms with Crippen LogP contribution in [0.3, 0.4) is 0 Å². The van der Waals surface area contributed by atoms with Crippen LogP contribution >= 0.6 is 0 Å². The van der Waals surface area contributed by atoms with Crippen molar-refractivity contribution >= 4 is 5.78 Å². The molecule has 1 atom stereocenters. The monoisotopic (exact) mass is 172 g/mol. The summed E-state index contributed by atoms with van der Waals surface area (Å²) in [7, 11) is 0. The van der Waals surface area contributed by atoms with Gasteiger partial charge in [-0.1, -0.05) is 20.8 Å². The first-order valence-corrected chi connectivity index (χ1v) is 4.77. The first-order valence-electron chi connectivity index (χ1n) is 4.77. The summed E-state index contributed by atoms with van der Waals surface area (Å²) < 4.78 is 5.37. The maximum atomic E-state index is 11.4. The summed E-state index contributed by atoms with van der Waals surface area (Å²) >= 11 is 0. The van der Waals surface area contributed by atoms with Crippen LogP contribution in [0.2, 0.25) is 0 Å². The SMILES string of the molecule is CCCC(=O)C(OCC)C(C)C. The molecule has 2 nitrogen and oxygen atoms in total. The van der Waals surface area contributed by atoms with Crippen molar-refractivity contribution < 1.29 is 9.53 Å². The van der Waals surface area contributed by atoms with Gasteiger partial charge in [0.1, 0.15) is 6.10 Å². The first kappa shape index (κ1) is 11.6. The predicted octanol–water partition coefficient (Wildman–Crippen LogP) is 2.42. The van der Waals surface area contributed by atoms with E-state index >= 15 is 0 Å². The Morgan fingerprint density at radius 3 is 2.25 bits per heavy atom. The van der Waals surface area contributed by atoms with Crippen LogP contribution in [0.4, 0.5) is 0 Å². The van der Waals surface area contributed by atoms with Crippen molar-refractivity contribution in [2.24, 2.45) is 5.92 Å². The number of hydrogen-bond donors (Lipinski definition) is 0. The van der Waals surface area contributed by atoms with Crippen molar-refractivity contribution in [2.75, 3.05) is 6.61 Å². The normalized spacial score (nSPS) is 13.4. The van der Waals surface area contributed by atoms with Gasteiger partial charge in [0.15, 0.2) is 5.78 Å². The quantitative estimate of drug-likeness (QED) is 0.615. The largest absolute Gasteiger partial charge is 0.370 e. The topological polar surface area (TPSA) is 26.3 Å². The molecule has 1 unspecified atom stereocenters. The number of carbonyl (C=O) groups is 1. The lowest BCUT2D eigenvalue weighted by molar-refractivity contribution is -0.133. The van der Waals surface area contributed by atoms with Crippen LogP contribution in [0.1, 0.15) is 40.5 Å². The van der Waals surface area contributed by atoms with Gasteiger partial charge in [-0.15, -0.1) is 0 Å². The summed E-state index contributed by atoms with van der Waals surface area (Å²) in [5.41, 5.74) is 0. The Hall–Kier alpha value is -0.370. The molecule has 0 amide bonds. The van der Waals surface area contributed by atoms with Crippen molar-refractivity contribution in [2.45, 2.75) is 46.6 Å². The molecule has 0 spiro atoms. The van der Waals surface area contributed by atoms with Crippen molar-refractivity contribution in [3.63, 3.8) is 0 Å². The van der Waals surface area contributed by atoms with Gasteiger partial charge in [-0.05, 0) is 19.3 Å². The second kappa shape index (κ2) is 6.18. The third kappa shape index (κ3) is 3.86. The summed E-state index contributed by atoms with van der Waals surface area (Å²) in [5.74, 6) is 0.540. The van der Waals surface area contributed by atoms with E-state index < -0.39 is 0 Å². The fourth-order valence-electron chi connectivity index (χ4n) is 1.23. The highest BCUT2D eigenvalue weighted by Crippen LogP contribution is 2.10. The molecule has 0 radical (unpaired) electrons. The number of ketones is 1. The average Bonchev–Trinajstić information content (AvgIpc) is 1.99. The summed E-state index contributed by atoms with van der Waals surface area (Å²) in [4.78, 5) is 11.4. The lowest BCUT2D eigenvalue weighted by Crippen LogP contribution is -2.29. The molecule has 0 saturated carbocycles. The van der Waals surface area contributed by atoms with Crippen molar-refractivity contribution in [1.29, 1.82) is 0 Å². The van der Waals surface area contributed by atoms with E-state index in [1.165, 1.54) is 0 Å². The van der Waals surface area contributed by atoms with E-state index in [9.17, 15) is 4.79 Å². The Morgan fingerprint density at radius 1 is 1.33 bits per heavy atom. The fourth-order valence-corrected chi connectivity index (χ4v) is 1.23. The first-order chi connectivity index (χ1) is 5.63. The minimum atomic E-state index is -0.185. The van der Waals surface area contributed by atoms with Gasteiger partial charge >= 0.3 is 0 Å². The predicted molar refractivity (Wildman–Crippen MR) is 50.2 cm³/mol. The van der Waals surface area contributed by atoms with E-state index in [1.807, 2.05) is 27.7 Å².